The molecule has 0 amide bonds. The summed E-state index contributed by atoms with van der Waals surface area (Å²) in [5, 5.41) is 1.21. The molecule has 1 aliphatic heterocycles. The van der Waals surface area contributed by atoms with E-state index in [-0.39, 0.29) is 0 Å². The normalized spacial score (nSPS) is 34.8. The van der Waals surface area contributed by atoms with Gasteiger partial charge in [0, 0.05) is 25.0 Å². The van der Waals surface area contributed by atoms with Crippen molar-refractivity contribution in [1.29, 1.82) is 0 Å². The molecule has 2 rings (SSSR count). The standard InChI is InChI=1S/C15H28BrN/c1-13-9-17(10-14(13)2)12-15(11-16)7-5-3-4-6-8-15/h13-14H,3-12H2,1-2H3. The van der Waals surface area contributed by atoms with Crippen LogP contribution in [-0.4, -0.2) is 29.9 Å². The molecule has 2 atom stereocenters. The van der Waals surface area contributed by atoms with E-state index in [1.54, 1.807) is 0 Å². The Kier molecular flexibility index (Phi) is 4.94. The average molecular weight is 302 g/mol. The van der Waals surface area contributed by atoms with Gasteiger partial charge in [0.05, 0.1) is 0 Å². The fourth-order valence-electron chi connectivity index (χ4n) is 3.66. The Morgan fingerprint density at radius 1 is 1.00 bits per heavy atom. The number of hydrogen-bond acceptors (Lipinski definition) is 1. The minimum Gasteiger partial charge on any atom is -0.302 e. The Hall–Kier alpha value is 0.440. The molecule has 1 aliphatic carbocycles. The summed E-state index contributed by atoms with van der Waals surface area (Å²) in [5.74, 6) is 1.79. The van der Waals surface area contributed by atoms with Crippen LogP contribution in [0.2, 0.25) is 0 Å². The van der Waals surface area contributed by atoms with Crippen molar-refractivity contribution in [3.8, 4) is 0 Å². The van der Waals surface area contributed by atoms with Gasteiger partial charge in [0.2, 0.25) is 0 Å². The summed E-state index contributed by atoms with van der Waals surface area (Å²) in [6, 6.07) is 0. The summed E-state index contributed by atoms with van der Waals surface area (Å²) < 4.78 is 0. The van der Waals surface area contributed by atoms with Crippen LogP contribution in [0.3, 0.4) is 0 Å². The largest absolute Gasteiger partial charge is 0.302 e. The van der Waals surface area contributed by atoms with Gasteiger partial charge in [-0.2, -0.15) is 0 Å². The summed E-state index contributed by atoms with van der Waals surface area (Å²) in [5.41, 5.74) is 0.584. The first-order valence-electron chi connectivity index (χ1n) is 7.43. The Labute approximate surface area is 115 Å². The van der Waals surface area contributed by atoms with Crippen LogP contribution in [0.5, 0.6) is 0 Å². The summed E-state index contributed by atoms with van der Waals surface area (Å²) in [7, 11) is 0. The molecule has 2 unspecified atom stereocenters. The first-order valence-corrected chi connectivity index (χ1v) is 8.56. The smallest absolute Gasteiger partial charge is 0.0100 e. The maximum Gasteiger partial charge on any atom is 0.0100 e. The lowest BCUT2D eigenvalue weighted by molar-refractivity contribution is 0.170. The molecule has 1 saturated carbocycles. The SMILES string of the molecule is CC1CN(CC2(CBr)CCCCCC2)CC1C. The lowest BCUT2D eigenvalue weighted by Crippen LogP contribution is -2.38. The third kappa shape index (κ3) is 3.47. The highest BCUT2D eigenvalue weighted by atomic mass is 79.9. The van der Waals surface area contributed by atoms with Gasteiger partial charge in [0.1, 0.15) is 0 Å². The third-order valence-corrected chi connectivity index (χ3v) is 6.26. The van der Waals surface area contributed by atoms with Gasteiger partial charge in [-0.3, -0.25) is 0 Å². The van der Waals surface area contributed by atoms with E-state index in [1.807, 2.05) is 0 Å². The van der Waals surface area contributed by atoms with Gasteiger partial charge in [-0.15, -0.1) is 0 Å². The molecule has 0 radical (unpaired) electrons. The van der Waals surface area contributed by atoms with Crippen LogP contribution < -0.4 is 0 Å². The minimum atomic E-state index is 0.584. The second-order valence-corrected chi connectivity index (χ2v) is 7.26. The predicted molar refractivity (Wildman–Crippen MR) is 78.7 cm³/mol. The van der Waals surface area contributed by atoms with Crippen LogP contribution in [0.1, 0.15) is 52.4 Å². The Morgan fingerprint density at radius 2 is 1.53 bits per heavy atom. The van der Waals surface area contributed by atoms with Crippen molar-refractivity contribution in [1.82, 2.24) is 4.90 Å². The number of alkyl halides is 1. The summed E-state index contributed by atoms with van der Waals surface area (Å²) in [6.45, 7) is 8.83. The van der Waals surface area contributed by atoms with Gasteiger partial charge in [-0.25, -0.2) is 0 Å². The van der Waals surface area contributed by atoms with Gasteiger partial charge in [0.25, 0.3) is 0 Å². The summed E-state index contributed by atoms with van der Waals surface area (Å²) >= 11 is 3.81. The first-order chi connectivity index (χ1) is 8.15. The lowest BCUT2D eigenvalue weighted by atomic mass is 9.82. The van der Waals surface area contributed by atoms with Crippen LogP contribution in [0.4, 0.5) is 0 Å². The zero-order valence-electron chi connectivity index (χ0n) is 11.6. The molecule has 2 heteroatoms. The monoisotopic (exact) mass is 301 g/mol. The van der Waals surface area contributed by atoms with E-state index in [9.17, 15) is 0 Å². The van der Waals surface area contributed by atoms with Crippen molar-refractivity contribution >= 4 is 15.9 Å². The summed E-state index contributed by atoms with van der Waals surface area (Å²) in [6.07, 6.45) is 8.70. The molecule has 1 nitrogen and oxygen atoms in total. The van der Waals surface area contributed by atoms with E-state index in [2.05, 4.69) is 34.7 Å². The van der Waals surface area contributed by atoms with Gasteiger partial charge in [-0.1, -0.05) is 55.5 Å². The van der Waals surface area contributed by atoms with E-state index >= 15 is 0 Å². The van der Waals surface area contributed by atoms with Crippen molar-refractivity contribution in [2.24, 2.45) is 17.3 Å². The molecule has 1 heterocycles. The molecule has 17 heavy (non-hydrogen) atoms. The highest BCUT2D eigenvalue weighted by molar-refractivity contribution is 9.09. The maximum absolute atomic E-state index is 3.81. The van der Waals surface area contributed by atoms with Gasteiger partial charge in [0.15, 0.2) is 0 Å². The van der Waals surface area contributed by atoms with Crippen LogP contribution in [0.25, 0.3) is 0 Å². The number of hydrogen-bond donors (Lipinski definition) is 0. The molecule has 0 aromatic carbocycles. The number of nitrogens with zero attached hydrogens (tertiary/aromatic N) is 1. The predicted octanol–water partition coefficient (Wildman–Crippen LogP) is 4.31. The molecule has 0 spiro atoms. The topological polar surface area (TPSA) is 3.24 Å². The van der Waals surface area contributed by atoms with Crippen molar-refractivity contribution in [3.05, 3.63) is 0 Å². The van der Waals surface area contributed by atoms with Crippen molar-refractivity contribution in [2.45, 2.75) is 52.4 Å². The highest BCUT2D eigenvalue weighted by Crippen LogP contribution is 2.38. The lowest BCUT2D eigenvalue weighted by Gasteiger charge is -2.35. The van der Waals surface area contributed by atoms with E-state index in [0.29, 0.717) is 5.41 Å². The van der Waals surface area contributed by atoms with Crippen LogP contribution in [-0.2, 0) is 0 Å². The van der Waals surface area contributed by atoms with E-state index in [4.69, 9.17) is 0 Å². The van der Waals surface area contributed by atoms with Crippen LogP contribution in [0, 0.1) is 17.3 Å². The Bertz CT molecular complexity index is 223. The second kappa shape index (κ2) is 6.06. The molecular weight excluding hydrogens is 274 g/mol. The van der Waals surface area contributed by atoms with Crippen LogP contribution >= 0.6 is 15.9 Å². The molecular formula is C15H28BrN. The number of halogens is 1. The Balaban J connectivity index is 1.94. The summed E-state index contributed by atoms with van der Waals surface area (Å²) in [4.78, 5) is 2.74. The second-order valence-electron chi connectivity index (χ2n) is 6.70. The molecule has 0 aromatic rings. The number of rotatable bonds is 3. The average Bonchev–Trinajstić information content (AvgIpc) is 2.54. The minimum absolute atomic E-state index is 0.584. The molecule has 0 aromatic heterocycles. The quantitative estimate of drug-likeness (QED) is 0.554. The molecule has 100 valence electrons. The van der Waals surface area contributed by atoms with Gasteiger partial charge in [-0.05, 0) is 30.1 Å². The zero-order valence-corrected chi connectivity index (χ0v) is 13.1. The molecule has 2 fully saturated rings. The maximum atomic E-state index is 3.81. The number of likely N-dealkylation sites (tertiary alicyclic amines) is 1. The van der Waals surface area contributed by atoms with E-state index < -0.39 is 0 Å². The van der Waals surface area contributed by atoms with Crippen molar-refractivity contribution in [2.75, 3.05) is 25.0 Å². The molecule has 1 saturated heterocycles. The molecule has 0 N–H and O–H groups in total. The van der Waals surface area contributed by atoms with Gasteiger partial charge >= 0.3 is 0 Å². The van der Waals surface area contributed by atoms with E-state index in [0.717, 1.165) is 11.8 Å². The van der Waals surface area contributed by atoms with Crippen molar-refractivity contribution in [3.63, 3.8) is 0 Å². The van der Waals surface area contributed by atoms with Crippen molar-refractivity contribution < 1.29 is 0 Å². The molecule has 2 aliphatic rings. The highest BCUT2D eigenvalue weighted by Gasteiger charge is 2.35. The van der Waals surface area contributed by atoms with Gasteiger partial charge < -0.3 is 4.90 Å². The van der Waals surface area contributed by atoms with Crippen LogP contribution in [0.15, 0.2) is 0 Å². The van der Waals surface area contributed by atoms with E-state index in [1.165, 1.54) is 63.5 Å². The first kappa shape index (κ1) is 13.9. The molecule has 0 bridgehead atoms. The third-order valence-electron chi connectivity index (χ3n) is 5.07. The fourth-order valence-corrected chi connectivity index (χ4v) is 4.40. The zero-order chi connectivity index (χ0) is 12.3. The fraction of sp³-hybridized carbons (Fsp3) is 1.00. The Morgan fingerprint density at radius 3 is 2.00 bits per heavy atom.